The van der Waals surface area contributed by atoms with Gasteiger partial charge in [0.05, 0.1) is 15.4 Å². The van der Waals surface area contributed by atoms with Crippen molar-refractivity contribution in [3.05, 3.63) is 75.8 Å². The first-order chi connectivity index (χ1) is 12.8. The van der Waals surface area contributed by atoms with E-state index in [1.165, 1.54) is 36.4 Å². The van der Waals surface area contributed by atoms with Crippen LogP contribution in [0.15, 0.2) is 59.5 Å². The number of hydrogen-bond donors (Lipinski definition) is 2. The van der Waals surface area contributed by atoms with Crippen LogP contribution in [0.25, 0.3) is 6.08 Å². The molecular formula is C18H19N3O5S. The molecule has 0 atom stereocenters. The highest BCUT2D eigenvalue weighted by atomic mass is 32.2. The lowest BCUT2D eigenvalue weighted by Gasteiger charge is -2.07. The van der Waals surface area contributed by atoms with Crippen LogP contribution in [-0.2, 0) is 14.8 Å². The Morgan fingerprint density at radius 3 is 2.44 bits per heavy atom. The summed E-state index contributed by atoms with van der Waals surface area (Å²) in [6.45, 7) is 1.95. The summed E-state index contributed by atoms with van der Waals surface area (Å²) >= 11 is 0. The van der Waals surface area contributed by atoms with Gasteiger partial charge in [-0.05, 0) is 31.2 Å². The van der Waals surface area contributed by atoms with Gasteiger partial charge in [-0.15, -0.1) is 0 Å². The highest BCUT2D eigenvalue weighted by Gasteiger charge is 2.13. The molecule has 0 saturated heterocycles. The largest absolute Gasteiger partial charge is 0.351 e. The lowest BCUT2D eigenvalue weighted by molar-refractivity contribution is -0.385. The third-order valence-corrected chi connectivity index (χ3v) is 5.07. The van der Waals surface area contributed by atoms with E-state index in [1.807, 2.05) is 6.92 Å². The van der Waals surface area contributed by atoms with Crippen LogP contribution in [0.3, 0.4) is 0 Å². The second-order valence-electron chi connectivity index (χ2n) is 5.65. The first-order valence-corrected chi connectivity index (χ1v) is 9.53. The number of hydrogen-bond acceptors (Lipinski definition) is 5. The van der Waals surface area contributed by atoms with Crippen molar-refractivity contribution in [1.82, 2.24) is 10.0 Å². The van der Waals surface area contributed by atoms with Crippen LogP contribution in [0.5, 0.6) is 0 Å². The van der Waals surface area contributed by atoms with Gasteiger partial charge in [-0.3, -0.25) is 14.9 Å². The maximum atomic E-state index is 12.1. The molecule has 2 aromatic rings. The third-order valence-electron chi connectivity index (χ3n) is 3.60. The molecule has 0 aliphatic carbocycles. The maximum Gasteiger partial charge on any atom is 0.276 e. The molecule has 0 aliphatic rings. The Kier molecular flexibility index (Phi) is 6.80. The summed E-state index contributed by atoms with van der Waals surface area (Å²) in [5, 5.41) is 13.4. The van der Waals surface area contributed by atoms with Crippen molar-refractivity contribution in [2.45, 2.75) is 11.8 Å². The van der Waals surface area contributed by atoms with Gasteiger partial charge in [0.25, 0.3) is 5.69 Å². The molecular weight excluding hydrogens is 370 g/mol. The van der Waals surface area contributed by atoms with E-state index < -0.39 is 20.9 Å². The fraction of sp³-hybridized carbons (Fsp3) is 0.167. The first kappa shape index (κ1) is 20.3. The Balaban J connectivity index is 1.84. The Hall–Kier alpha value is -3.04. The van der Waals surface area contributed by atoms with Crippen molar-refractivity contribution >= 4 is 27.7 Å². The minimum Gasteiger partial charge on any atom is -0.351 e. The number of nitrogens with one attached hydrogen (secondary N) is 2. The fourth-order valence-electron chi connectivity index (χ4n) is 2.19. The Labute approximate surface area is 157 Å². The predicted molar refractivity (Wildman–Crippen MR) is 102 cm³/mol. The number of amides is 1. The number of nitro groups is 1. The molecule has 1 amide bonds. The molecule has 9 heteroatoms. The van der Waals surface area contributed by atoms with Crippen LogP contribution < -0.4 is 10.0 Å². The standard InChI is InChI=1S/C18H19N3O5S/c1-14-6-9-16(10-7-14)27(25,26)20-13-12-19-18(22)11-8-15-4-2-3-5-17(15)21(23)24/h2-11,20H,12-13H2,1H3,(H,19,22)/b11-8+. The molecule has 27 heavy (non-hydrogen) atoms. The van der Waals surface area contributed by atoms with Gasteiger partial charge in [-0.25, -0.2) is 13.1 Å². The van der Waals surface area contributed by atoms with Crippen LogP contribution in [0.4, 0.5) is 5.69 Å². The predicted octanol–water partition coefficient (Wildman–Crippen LogP) is 2.01. The van der Waals surface area contributed by atoms with E-state index >= 15 is 0 Å². The highest BCUT2D eigenvalue weighted by Crippen LogP contribution is 2.18. The summed E-state index contributed by atoms with van der Waals surface area (Å²) in [5.74, 6) is -0.484. The second kappa shape index (κ2) is 9.06. The van der Waals surface area contributed by atoms with Crippen molar-refractivity contribution < 1.29 is 18.1 Å². The number of sulfonamides is 1. The average Bonchev–Trinajstić information content (AvgIpc) is 2.64. The number of nitrogens with zero attached hydrogens (tertiary/aromatic N) is 1. The van der Waals surface area contributed by atoms with Crippen molar-refractivity contribution in [2.24, 2.45) is 0 Å². The van der Waals surface area contributed by atoms with Gasteiger partial charge in [0.15, 0.2) is 0 Å². The summed E-state index contributed by atoms with van der Waals surface area (Å²) in [4.78, 5) is 22.3. The van der Waals surface area contributed by atoms with Gasteiger partial charge in [0, 0.05) is 25.2 Å². The Morgan fingerprint density at radius 2 is 1.78 bits per heavy atom. The van der Waals surface area contributed by atoms with Gasteiger partial charge < -0.3 is 5.32 Å². The minimum absolute atomic E-state index is 0.0152. The molecule has 2 N–H and O–H groups in total. The van der Waals surface area contributed by atoms with Gasteiger partial charge in [-0.1, -0.05) is 29.8 Å². The molecule has 0 fully saturated rings. The minimum atomic E-state index is -3.64. The summed E-state index contributed by atoms with van der Waals surface area (Å²) in [7, 11) is -3.64. The van der Waals surface area contributed by atoms with Gasteiger partial charge >= 0.3 is 0 Å². The van der Waals surface area contributed by atoms with Gasteiger partial charge in [-0.2, -0.15) is 0 Å². The molecule has 142 valence electrons. The molecule has 2 aromatic carbocycles. The van der Waals surface area contributed by atoms with Crippen molar-refractivity contribution in [1.29, 1.82) is 0 Å². The van der Waals surface area contributed by atoms with E-state index in [0.29, 0.717) is 5.56 Å². The summed E-state index contributed by atoms with van der Waals surface area (Å²) in [6, 6.07) is 12.4. The molecule has 0 heterocycles. The zero-order valence-electron chi connectivity index (χ0n) is 14.6. The number of carbonyl (C=O) groups excluding carboxylic acids is 1. The molecule has 8 nitrogen and oxygen atoms in total. The molecule has 0 radical (unpaired) electrons. The van der Waals surface area contributed by atoms with E-state index in [-0.39, 0.29) is 23.7 Å². The molecule has 0 unspecified atom stereocenters. The summed E-state index contributed by atoms with van der Waals surface area (Å²) < 4.78 is 26.6. The van der Waals surface area contributed by atoms with Crippen molar-refractivity contribution in [2.75, 3.05) is 13.1 Å². The number of benzene rings is 2. The fourth-order valence-corrected chi connectivity index (χ4v) is 3.22. The molecule has 0 bridgehead atoms. The monoisotopic (exact) mass is 389 g/mol. The van der Waals surface area contributed by atoms with Crippen LogP contribution in [-0.4, -0.2) is 32.3 Å². The van der Waals surface area contributed by atoms with Crippen LogP contribution in [0.1, 0.15) is 11.1 Å². The number of nitro benzene ring substituents is 1. The zero-order valence-corrected chi connectivity index (χ0v) is 15.4. The van der Waals surface area contributed by atoms with Crippen LogP contribution in [0, 0.1) is 17.0 Å². The SMILES string of the molecule is Cc1ccc(S(=O)(=O)NCCNC(=O)/C=C/c2ccccc2[N+](=O)[O-])cc1. The Bertz CT molecular complexity index is 953. The topological polar surface area (TPSA) is 118 Å². The van der Waals surface area contributed by atoms with E-state index in [0.717, 1.165) is 11.6 Å². The summed E-state index contributed by atoms with van der Waals surface area (Å²) in [6.07, 6.45) is 2.50. The number of aryl methyl sites for hydroxylation is 1. The van der Waals surface area contributed by atoms with E-state index in [2.05, 4.69) is 10.0 Å². The van der Waals surface area contributed by atoms with E-state index in [9.17, 15) is 23.3 Å². The molecule has 0 aliphatic heterocycles. The first-order valence-electron chi connectivity index (χ1n) is 8.05. The van der Waals surface area contributed by atoms with Crippen molar-refractivity contribution in [3.63, 3.8) is 0 Å². The average molecular weight is 389 g/mol. The smallest absolute Gasteiger partial charge is 0.276 e. The maximum absolute atomic E-state index is 12.1. The third kappa shape index (κ3) is 6.01. The van der Waals surface area contributed by atoms with Crippen LogP contribution in [0.2, 0.25) is 0 Å². The van der Waals surface area contributed by atoms with Gasteiger partial charge in [0.1, 0.15) is 0 Å². The van der Waals surface area contributed by atoms with E-state index in [1.54, 1.807) is 18.2 Å². The molecule has 0 saturated carbocycles. The molecule has 0 spiro atoms. The zero-order chi connectivity index (χ0) is 19.9. The lowest BCUT2D eigenvalue weighted by atomic mass is 10.1. The Morgan fingerprint density at radius 1 is 1.11 bits per heavy atom. The number of carbonyl (C=O) groups is 1. The highest BCUT2D eigenvalue weighted by molar-refractivity contribution is 7.89. The summed E-state index contributed by atoms with van der Waals surface area (Å²) in [5.41, 5.74) is 1.15. The van der Waals surface area contributed by atoms with Crippen LogP contribution >= 0.6 is 0 Å². The second-order valence-corrected chi connectivity index (χ2v) is 7.42. The number of rotatable bonds is 8. The van der Waals surface area contributed by atoms with E-state index in [4.69, 9.17) is 0 Å². The lowest BCUT2D eigenvalue weighted by Crippen LogP contribution is -2.34. The van der Waals surface area contributed by atoms with Gasteiger partial charge in [0.2, 0.25) is 15.9 Å². The molecule has 0 aromatic heterocycles. The van der Waals surface area contributed by atoms with Crippen molar-refractivity contribution in [3.8, 4) is 0 Å². The number of para-hydroxylation sites is 1. The quantitative estimate of drug-likeness (QED) is 0.310. The normalized spacial score (nSPS) is 11.4. The molecule has 2 rings (SSSR count).